The summed E-state index contributed by atoms with van der Waals surface area (Å²) >= 11 is 0. The number of hydrogen-bond acceptors (Lipinski definition) is 2. The van der Waals surface area contributed by atoms with Crippen molar-refractivity contribution in [1.82, 2.24) is 9.80 Å². The third-order valence-electron chi connectivity index (χ3n) is 3.55. The smallest absolute Gasteiger partial charge is 0.406 e. The van der Waals surface area contributed by atoms with Crippen molar-refractivity contribution < 1.29 is 27.9 Å². The predicted molar refractivity (Wildman–Crippen MR) is 69.9 cm³/mol. The summed E-state index contributed by atoms with van der Waals surface area (Å²) in [7, 11) is 1.42. The van der Waals surface area contributed by atoms with Gasteiger partial charge in [-0.15, -0.1) is 0 Å². The predicted octanol–water partition coefficient (Wildman–Crippen LogP) is 2.57. The lowest BCUT2D eigenvalue weighted by molar-refractivity contribution is -0.149. The number of halogens is 3. The zero-order chi connectivity index (χ0) is 16.0. The van der Waals surface area contributed by atoms with Gasteiger partial charge in [0, 0.05) is 13.6 Å². The van der Waals surface area contributed by atoms with Crippen molar-refractivity contribution in [3.8, 4) is 0 Å². The van der Waals surface area contributed by atoms with Crippen molar-refractivity contribution in [2.24, 2.45) is 5.92 Å². The van der Waals surface area contributed by atoms with Crippen LogP contribution in [0.15, 0.2) is 0 Å². The maximum Gasteiger partial charge on any atom is 0.406 e. The van der Waals surface area contributed by atoms with Crippen molar-refractivity contribution in [2.45, 2.75) is 38.3 Å². The summed E-state index contributed by atoms with van der Waals surface area (Å²) < 4.78 is 37.3. The molecule has 1 aliphatic rings. The highest BCUT2D eigenvalue weighted by Crippen LogP contribution is 2.24. The number of carboxylic acids is 1. The lowest BCUT2D eigenvalue weighted by Crippen LogP contribution is -2.48. The van der Waals surface area contributed by atoms with Crippen LogP contribution in [-0.4, -0.2) is 59.8 Å². The fraction of sp³-hybridized carbons (Fsp3) is 0.846. The first-order chi connectivity index (χ1) is 9.69. The van der Waals surface area contributed by atoms with Gasteiger partial charge in [-0.3, -0.25) is 4.79 Å². The summed E-state index contributed by atoms with van der Waals surface area (Å²) in [5, 5.41) is 8.65. The molecule has 8 heteroatoms. The van der Waals surface area contributed by atoms with Crippen molar-refractivity contribution in [1.29, 1.82) is 0 Å². The maximum absolute atomic E-state index is 12.4. The fourth-order valence-corrected chi connectivity index (χ4v) is 2.65. The van der Waals surface area contributed by atoms with Crippen LogP contribution >= 0.6 is 0 Å². The molecule has 0 bridgehead atoms. The van der Waals surface area contributed by atoms with Crippen molar-refractivity contribution in [2.75, 3.05) is 26.7 Å². The van der Waals surface area contributed by atoms with Crippen molar-refractivity contribution in [3.05, 3.63) is 0 Å². The number of rotatable bonds is 5. The Morgan fingerprint density at radius 2 is 1.76 bits per heavy atom. The Labute approximate surface area is 121 Å². The highest BCUT2D eigenvalue weighted by atomic mass is 19.4. The molecule has 1 aliphatic carbocycles. The van der Waals surface area contributed by atoms with Crippen LogP contribution in [0.3, 0.4) is 0 Å². The van der Waals surface area contributed by atoms with Crippen molar-refractivity contribution >= 4 is 12.0 Å². The molecular formula is C13H21F3N2O3. The van der Waals surface area contributed by atoms with E-state index in [9.17, 15) is 22.8 Å². The molecule has 2 amide bonds. The Kier molecular flexibility index (Phi) is 6.29. The zero-order valence-corrected chi connectivity index (χ0v) is 12.0. The van der Waals surface area contributed by atoms with Gasteiger partial charge in [0.2, 0.25) is 0 Å². The number of nitrogens with zero attached hydrogens (tertiary/aromatic N) is 2. The normalized spacial score (nSPS) is 16.6. The molecule has 0 aromatic rings. The number of aliphatic carboxylic acids is 1. The number of carboxylic acid groups (broad SMARTS) is 1. The first-order valence-corrected chi connectivity index (χ1v) is 6.97. The lowest BCUT2D eigenvalue weighted by Gasteiger charge is -2.31. The second-order valence-corrected chi connectivity index (χ2v) is 5.53. The second-order valence-electron chi connectivity index (χ2n) is 5.53. The van der Waals surface area contributed by atoms with Crippen LogP contribution in [0.2, 0.25) is 0 Å². The number of urea groups is 1. The zero-order valence-electron chi connectivity index (χ0n) is 12.0. The number of amides is 2. The molecule has 0 aromatic heterocycles. The van der Waals surface area contributed by atoms with Crippen LogP contribution in [-0.2, 0) is 4.79 Å². The van der Waals surface area contributed by atoms with Gasteiger partial charge in [0.25, 0.3) is 0 Å². The standard InChI is InChI=1S/C13H21F3N2O3/c1-17(7-10-5-3-2-4-6-10)12(21)18(8-11(19)20)9-13(14,15)16/h10H,2-9H2,1H3,(H,19,20). The molecule has 1 N–H and O–H groups in total. The van der Waals surface area contributed by atoms with E-state index in [0.717, 1.165) is 32.1 Å². The Hall–Kier alpha value is -1.47. The van der Waals surface area contributed by atoms with E-state index in [1.807, 2.05) is 0 Å². The van der Waals surface area contributed by atoms with E-state index < -0.39 is 31.3 Å². The summed E-state index contributed by atoms with van der Waals surface area (Å²) in [5.41, 5.74) is 0. The van der Waals surface area contributed by atoms with Gasteiger partial charge in [-0.1, -0.05) is 19.3 Å². The van der Waals surface area contributed by atoms with Gasteiger partial charge in [-0.2, -0.15) is 13.2 Å². The van der Waals surface area contributed by atoms with Crippen LogP contribution in [0.4, 0.5) is 18.0 Å². The van der Waals surface area contributed by atoms with E-state index in [2.05, 4.69) is 0 Å². The minimum atomic E-state index is -4.61. The largest absolute Gasteiger partial charge is 0.480 e. The molecule has 0 unspecified atom stereocenters. The number of alkyl halides is 3. The quantitative estimate of drug-likeness (QED) is 0.849. The van der Waals surface area contributed by atoms with Crippen LogP contribution in [0.1, 0.15) is 32.1 Å². The summed E-state index contributed by atoms with van der Waals surface area (Å²) in [5.74, 6) is -1.18. The summed E-state index contributed by atoms with van der Waals surface area (Å²) in [6, 6.07) is -0.889. The maximum atomic E-state index is 12.4. The molecule has 0 atom stereocenters. The van der Waals surface area contributed by atoms with Crippen LogP contribution in [0.25, 0.3) is 0 Å². The van der Waals surface area contributed by atoms with Gasteiger partial charge in [-0.05, 0) is 18.8 Å². The van der Waals surface area contributed by atoms with Gasteiger partial charge in [0.1, 0.15) is 13.1 Å². The van der Waals surface area contributed by atoms with E-state index in [1.165, 1.54) is 11.9 Å². The molecule has 0 aromatic carbocycles. The van der Waals surface area contributed by atoms with E-state index in [0.29, 0.717) is 11.4 Å². The molecule has 1 saturated carbocycles. The topological polar surface area (TPSA) is 60.9 Å². The molecule has 1 fully saturated rings. The molecule has 0 saturated heterocycles. The molecule has 21 heavy (non-hydrogen) atoms. The minimum absolute atomic E-state index is 0.283. The third kappa shape index (κ3) is 6.68. The fourth-order valence-electron chi connectivity index (χ4n) is 2.65. The van der Waals surface area contributed by atoms with Crippen molar-refractivity contribution in [3.63, 3.8) is 0 Å². The van der Waals surface area contributed by atoms with Gasteiger partial charge < -0.3 is 14.9 Å². The Morgan fingerprint density at radius 1 is 1.19 bits per heavy atom. The molecule has 0 aliphatic heterocycles. The van der Waals surface area contributed by atoms with Crippen LogP contribution in [0.5, 0.6) is 0 Å². The SMILES string of the molecule is CN(CC1CCCCC1)C(=O)N(CC(=O)O)CC(F)(F)F. The minimum Gasteiger partial charge on any atom is -0.480 e. The Balaban J connectivity index is 2.62. The molecule has 0 spiro atoms. The number of carbonyl (C=O) groups excluding carboxylic acids is 1. The number of carbonyl (C=O) groups is 2. The summed E-state index contributed by atoms with van der Waals surface area (Å²) in [4.78, 5) is 24.2. The molecule has 0 radical (unpaired) electrons. The van der Waals surface area contributed by atoms with E-state index >= 15 is 0 Å². The van der Waals surface area contributed by atoms with E-state index in [-0.39, 0.29) is 5.92 Å². The molecule has 122 valence electrons. The summed E-state index contributed by atoms with van der Waals surface area (Å²) in [6.45, 7) is -2.13. The molecule has 1 rings (SSSR count). The number of hydrogen-bond donors (Lipinski definition) is 1. The lowest BCUT2D eigenvalue weighted by atomic mass is 9.89. The van der Waals surface area contributed by atoms with Gasteiger partial charge in [-0.25, -0.2) is 4.79 Å². The molecule has 5 nitrogen and oxygen atoms in total. The second kappa shape index (κ2) is 7.51. The third-order valence-corrected chi connectivity index (χ3v) is 3.55. The van der Waals surface area contributed by atoms with Crippen LogP contribution in [0, 0.1) is 5.92 Å². The first-order valence-electron chi connectivity index (χ1n) is 6.97. The average molecular weight is 310 g/mol. The van der Waals surface area contributed by atoms with Gasteiger partial charge >= 0.3 is 18.2 Å². The van der Waals surface area contributed by atoms with E-state index in [1.54, 1.807) is 0 Å². The average Bonchev–Trinajstić information content (AvgIpc) is 2.36. The first kappa shape index (κ1) is 17.6. The Bertz CT molecular complexity index is 368. The molecular weight excluding hydrogens is 289 g/mol. The monoisotopic (exact) mass is 310 g/mol. The highest BCUT2D eigenvalue weighted by Gasteiger charge is 2.35. The summed E-state index contributed by atoms with van der Waals surface area (Å²) in [6.07, 6.45) is 0.567. The van der Waals surface area contributed by atoms with Gasteiger partial charge in [0.15, 0.2) is 0 Å². The molecule has 0 heterocycles. The van der Waals surface area contributed by atoms with Crippen LogP contribution < -0.4 is 0 Å². The Morgan fingerprint density at radius 3 is 2.24 bits per heavy atom. The van der Waals surface area contributed by atoms with Gasteiger partial charge in [0.05, 0.1) is 0 Å². The van der Waals surface area contributed by atoms with E-state index in [4.69, 9.17) is 5.11 Å². The highest BCUT2D eigenvalue weighted by molar-refractivity contribution is 5.80.